The summed E-state index contributed by atoms with van der Waals surface area (Å²) in [6.45, 7) is 6.78. The number of aliphatic hydroxyl groups excluding tert-OH is 3. The van der Waals surface area contributed by atoms with Crippen molar-refractivity contribution < 1.29 is 152 Å². The first kappa shape index (κ1) is 42.7. The van der Waals surface area contributed by atoms with E-state index in [1.54, 1.807) is 13.8 Å². The second kappa shape index (κ2) is 15.3. The number of amides is 1. The van der Waals surface area contributed by atoms with Crippen LogP contribution in [0.3, 0.4) is 0 Å². The number of hydrogen-bond acceptors (Lipinski definition) is 12. The number of esters is 2. The molecule has 1 heterocycles. The van der Waals surface area contributed by atoms with Crippen LogP contribution in [0, 0.1) is 111 Å². The maximum Gasteiger partial charge on any atom is 0.404 e. The molecular formula is C32H47Ac2NO13. The van der Waals surface area contributed by atoms with Crippen LogP contribution in [0.2, 0.25) is 0 Å². The van der Waals surface area contributed by atoms with Crippen molar-refractivity contribution in [1.29, 1.82) is 0 Å². The third-order valence-corrected chi connectivity index (χ3v) is 12.0. The van der Waals surface area contributed by atoms with Gasteiger partial charge in [-0.05, 0) is 43.8 Å². The number of carboxylic acid groups (broad SMARTS) is 1. The standard InChI is InChI=1S/C32H47NO13.2Ac/c1-14-17(46-27(39)23(37)21(33-28(40)41)16-9-7-6-8-10-16)12-32(43)26(45-15(2)34)24-30(5,18(35)11-19-31(24,42)13-44-19)25(38)22(36)20(14)29(32,3)4;;/h16-19,21-24,26,33,35-37,42-43H,6-13H2,1-5H3,(H,40,41);;/t17?,18-,19+,21-,22+,23+,24-,26-,30+,31-,32+;;/m0../s1. The monoisotopic (exact) mass is 1110 g/mol. The van der Waals surface area contributed by atoms with Gasteiger partial charge in [0.15, 0.2) is 11.9 Å². The zero-order valence-electron chi connectivity index (χ0n) is 28.0. The summed E-state index contributed by atoms with van der Waals surface area (Å²) in [5, 5.41) is 70.7. The Morgan fingerprint density at radius 3 is 2.15 bits per heavy atom. The molecule has 2 bridgehead atoms. The second-order valence-electron chi connectivity index (χ2n) is 14.7. The van der Waals surface area contributed by atoms with Crippen molar-refractivity contribution >= 4 is 23.8 Å². The van der Waals surface area contributed by atoms with Gasteiger partial charge in [0.1, 0.15) is 29.5 Å². The quantitative estimate of drug-likeness (QED) is 0.141. The first-order valence-electron chi connectivity index (χ1n) is 16.1. The van der Waals surface area contributed by atoms with Crippen LogP contribution in [-0.2, 0) is 28.6 Å². The van der Waals surface area contributed by atoms with Gasteiger partial charge in [-0.15, -0.1) is 0 Å². The molecule has 5 rings (SSSR count). The molecule has 0 aromatic rings. The molecule has 14 nitrogen and oxygen atoms in total. The Morgan fingerprint density at radius 2 is 1.62 bits per heavy atom. The minimum absolute atomic E-state index is 0. The van der Waals surface area contributed by atoms with Crippen molar-refractivity contribution in [2.45, 2.75) is 133 Å². The molecule has 16 heteroatoms. The summed E-state index contributed by atoms with van der Waals surface area (Å²) in [6.07, 6.45) is -7.54. The Hall–Kier alpha value is 0.263. The Kier molecular flexibility index (Phi) is 13.6. The number of Topliss-reactive ketones (excluding diaryl/α,β-unsaturated/α-hetero) is 1. The summed E-state index contributed by atoms with van der Waals surface area (Å²) in [6, 6.07) is -1.16. The molecule has 264 valence electrons. The van der Waals surface area contributed by atoms with Gasteiger partial charge in [-0.2, -0.15) is 0 Å². The van der Waals surface area contributed by atoms with Crippen LogP contribution >= 0.6 is 0 Å². The number of fused-ring (bicyclic) bond motifs is 5. The van der Waals surface area contributed by atoms with E-state index in [1.165, 1.54) is 13.8 Å². The van der Waals surface area contributed by atoms with Crippen LogP contribution in [0.15, 0.2) is 11.1 Å². The molecule has 0 aromatic carbocycles. The van der Waals surface area contributed by atoms with Crippen LogP contribution < -0.4 is 5.32 Å². The van der Waals surface area contributed by atoms with Gasteiger partial charge < -0.3 is 50.2 Å². The molecule has 4 fully saturated rings. The largest absolute Gasteiger partial charge is 0.465 e. The van der Waals surface area contributed by atoms with Crippen LogP contribution in [-0.4, -0.2) is 115 Å². The Labute approximate surface area is 351 Å². The fourth-order valence-corrected chi connectivity index (χ4v) is 9.24. The van der Waals surface area contributed by atoms with E-state index in [1.807, 2.05) is 0 Å². The molecule has 7 N–H and O–H groups in total. The van der Waals surface area contributed by atoms with Crippen molar-refractivity contribution in [3.8, 4) is 0 Å². The van der Waals surface area contributed by atoms with Crippen LogP contribution in [0.25, 0.3) is 0 Å². The van der Waals surface area contributed by atoms with Gasteiger partial charge in [0.05, 0.1) is 30.3 Å². The van der Waals surface area contributed by atoms with Crippen LogP contribution in [0.5, 0.6) is 0 Å². The molecule has 2 radical (unpaired) electrons. The Morgan fingerprint density at radius 1 is 1.02 bits per heavy atom. The number of rotatable bonds is 6. The van der Waals surface area contributed by atoms with Gasteiger partial charge in [0.25, 0.3) is 0 Å². The molecule has 0 spiro atoms. The van der Waals surface area contributed by atoms with E-state index in [4.69, 9.17) is 14.2 Å². The molecule has 1 aliphatic heterocycles. The number of nitrogens with one attached hydrogen (secondary N) is 1. The summed E-state index contributed by atoms with van der Waals surface area (Å²) in [5.41, 5.74) is -7.29. The molecule has 0 aromatic heterocycles. The van der Waals surface area contributed by atoms with E-state index in [0.29, 0.717) is 12.8 Å². The van der Waals surface area contributed by atoms with Gasteiger partial charge in [0, 0.05) is 119 Å². The molecule has 4 aliphatic carbocycles. The topological polar surface area (TPSA) is 229 Å². The normalized spacial score (nSPS) is 40.1. The molecular weight excluding hydrogens is 1060 g/mol. The van der Waals surface area contributed by atoms with Gasteiger partial charge in [-0.1, -0.05) is 33.1 Å². The van der Waals surface area contributed by atoms with Crippen molar-refractivity contribution in [2.75, 3.05) is 6.61 Å². The number of aliphatic hydroxyl groups is 5. The van der Waals surface area contributed by atoms with Gasteiger partial charge >= 0.3 is 18.0 Å². The fraction of sp³-hybridized carbons (Fsp3) is 0.812. The average Bonchev–Trinajstić information content (AvgIpc) is 2.98. The van der Waals surface area contributed by atoms with E-state index in [2.05, 4.69) is 5.32 Å². The average molecular weight is 1110 g/mol. The molecule has 1 amide bonds. The zero-order chi connectivity index (χ0) is 34.1. The maximum absolute atomic E-state index is 14.3. The minimum Gasteiger partial charge on any atom is -0.465 e. The van der Waals surface area contributed by atoms with Crippen molar-refractivity contribution in [2.24, 2.45) is 22.7 Å². The Bertz CT molecular complexity index is 1320. The molecule has 48 heavy (non-hydrogen) atoms. The van der Waals surface area contributed by atoms with E-state index in [9.17, 15) is 49.8 Å². The van der Waals surface area contributed by atoms with Gasteiger partial charge in [-0.3, -0.25) is 9.59 Å². The van der Waals surface area contributed by atoms with Gasteiger partial charge in [0.2, 0.25) is 0 Å². The molecule has 1 unspecified atom stereocenters. The van der Waals surface area contributed by atoms with E-state index < -0.39 is 101 Å². The van der Waals surface area contributed by atoms with Crippen molar-refractivity contribution in [3.05, 3.63) is 11.1 Å². The number of hydrogen-bond donors (Lipinski definition) is 7. The summed E-state index contributed by atoms with van der Waals surface area (Å²) >= 11 is 0. The maximum atomic E-state index is 14.3. The summed E-state index contributed by atoms with van der Waals surface area (Å²) in [4.78, 5) is 52.1. The summed E-state index contributed by atoms with van der Waals surface area (Å²) in [5.74, 6) is -4.68. The van der Waals surface area contributed by atoms with Crippen molar-refractivity contribution in [1.82, 2.24) is 5.32 Å². The third-order valence-electron chi connectivity index (χ3n) is 12.0. The predicted molar refractivity (Wildman–Crippen MR) is 157 cm³/mol. The smallest absolute Gasteiger partial charge is 0.404 e. The van der Waals surface area contributed by atoms with E-state index >= 15 is 0 Å². The number of ketones is 1. The van der Waals surface area contributed by atoms with Crippen molar-refractivity contribution in [3.63, 3.8) is 0 Å². The summed E-state index contributed by atoms with van der Waals surface area (Å²) in [7, 11) is 0. The third kappa shape index (κ3) is 6.78. The molecule has 1 saturated heterocycles. The first-order valence-corrected chi connectivity index (χ1v) is 16.1. The SMILES string of the molecule is CC(=O)O[C@H]1[C@@H]2[C@]3(O)CO[C@@H]3C[C@H](O)[C@@]2(C)C(=O)[C@H](O)C2=C(C)C(OC(=O)[C@H](O)[C@@H](NC(=O)O)C3CCCCC3)C[C@]1(O)C2(C)C.[Ac].[Ac]. The Balaban J connectivity index is 0.00000312. The van der Waals surface area contributed by atoms with E-state index in [0.717, 1.165) is 26.2 Å². The predicted octanol–water partition coefficient (Wildman–Crippen LogP) is 0.345. The second-order valence-corrected chi connectivity index (χ2v) is 14.7. The first-order chi connectivity index (χ1) is 21.3. The zero-order valence-corrected chi connectivity index (χ0v) is 37.5. The minimum atomic E-state index is -2.22. The number of ether oxygens (including phenoxy) is 3. The van der Waals surface area contributed by atoms with Crippen LogP contribution in [0.1, 0.15) is 79.6 Å². The fourth-order valence-electron chi connectivity index (χ4n) is 9.24. The molecule has 5 aliphatic rings. The number of carbonyl (C=O) groups is 4. The van der Waals surface area contributed by atoms with Gasteiger partial charge in [-0.25, -0.2) is 9.59 Å². The number of carbonyl (C=O) groups excluding carboxylic acids is 3. The molecule has 11 atom stereocenters. The van der Waals surface area contributed by atoms with E-state index in [-0.39, 0.29) is 118 Å². The summed E-state index contributed by atoms with van der Waals surface area (Å²) < 4.78 is 17.1. The molecule has 3 saturated carbocycles. The van der Waals surface area contributed by atoms with Crippen LogP contribution in [0.4, 0.5) is 4.79 Å².